The van der Waals surface area contributed by atoms with Crippen molar-refractivity contribution in [2.75, 3.05) is 26.2 Å². The first-order valence-electron chi connectivity index (χ1n) is 6.82. The van der Waals surface area contributed by atoms with Crippen LogP contribution >= 0.6 is 0 Å². The summed E-state index contributed by atoms with van der Waals surface area (Å²) in [5, 5.41) is 18.0. The molecule has 0 atom stereocenters. The molecule has 17 heavy (non-hydrogen) atoms. The fourth-order valence-electron chi connectivity index (χ4n) is 2.35. The highest BCUT2D eigenvalue weighted by Crippen LogP contribution is 2.22. The number of hydrogen-bond donors (Lipinski definition) is 1. The summed E-state index contributed by atoms with van der Waals surface area (Å²) in [5.41, 5.74) is -0.163. The van der Waals surface area contributed by atoms with E-state index in [9.17, 15) is 0 Å². The summed E-state index contributed by atoms with van der Waals surface area (Å²) in [4.78, 5) is 2.49. The lowest BCUT2D eigenvalue weighted by Gasteiger charge is -2.31. The van der Waals surface area contributed by atoms with Crippen molar-refractivity contribution in [1.82, 2.24) is 4.90 Å². The molecule has 0 unspecified atom stereocenters. The van der Waals surface area contributed by atoms with Gasteiger partial charge in [-0.15, -0.1) is 0 Å². The topological polar surface area (TPSA) is 47.3 Å². The summed E-state index contributed by atoms with van der Waals surface area (Å²) in [5.74, 6) is 0.531. The summed E-state index contributed by atoms with van der Waals surface area (Å²) in [6.45, 7) is 7.79. The quantitative estimate of drug-likeness (QED) is 0.723. The van der Waals surface area contributed by atoms with E-state index in [-0.39, 0.29) is 5.41 Å². The zero-order valence-corrected chi connectivity index (χ0v) is 11.3. The Balaban J connectivity index is 2.07. The lowest BCUT2D eigenvalue weighted by Crippen LogP contribution is -2.35. The number of rotatable bonds is 6. The van der Waals surface area contributed by atoms with E-state index in [1.807, 2.05) is 13.8 Å². The fraction of sp³-hybridized carbons (Fsp3) is 0.929. The van der Waals surface area contributed by atoms with Gasteiger partial charge in [0.25, 0.3) is 0 Å². The zero-order valence-electron chi connectivity index (χ0n) is 11.3. The van der Waals surface area contributed by atoms with Gasteiger partial charge in [-0.25, -0.2) is 0 Å². The van der Waals surface area contributed by atoms with Crippen LogP contribution in [0.25, 0.3) is 0 Å². The standard InChI is InChI=1S/C14H26N2O/c1-14(2,12-15)7-3-4-8-16-9-5-13(11-17)6-10-16/h13,17H,3-11H2,1-2H3. The molecule has 1 aliphatic rings. The molecule has 3 heteroatoms. The lowest BCUT2D eigenvalue weighted by molar-refractivity contribution is 0.130. The average molecular weight is 238 g/mol. The first kappa shape index (κ1) is 14.5. The van der Waals surface area contributed by atoms with E-state index < -0.39 is 0 Å². The van der Waals surface area contributed by atoms with Crippen LogP contribution in [0.3, 0.4) is 0 Å². The van der Waals surface area contributed by atoms with E-state index in [2.05, 4.69) is 11.0 Å². The van der Waals surface area contributed by atoms with Crippen LogP contribution in [0.15, 0.2) is 0 Å². The molecule has 1 aliphatic heterocycles. The molecule has 0 aliphatic carbocycles. The molecule has 0 aromatic heterocycles. The van der Waals surface area contributed by atoms with Gasteiger partial charge in [0.2, 0.25) is 0 Å². The molecule has 0 bridgehead atoms. The summed E-state index contributed by atoms with van der Waals surface area (Å²) >= 11 is 0. The third-order valence-electron chi connectivity index (χ3n) is 3.79. The van der Waals surface area contributed by atoms with E-state index in [1.54, 1.807) is 0 Å². The first-order valence-corrected chi connectivity index (χ1v) is 6.82. The second kappa shape index (κ2) is 6.98. The Bertz CT molecular complexity index is 249. The molecular formula is C14H26N2O. The van der Waals surface area contributed by atoms with E-state index in [0.717, 1.165) is 45.3 Å². The van der Waals surface area contributed by atoms with Crippen LogP contribution in [-0.2, 0) is 0 Å². The number of hydrogen-bond acceptors (Lipinski definition) is 3. The Morgan fingerprint density at radius 3 is 2.47 bits per heavy atom. The zero-order chi connectivity index (χ0) is 12.7. The summed E-state index contributed by atoms with van der Waals surface area (Å²) in [6.07, 6.45) is 5.60. The molecule has 1 heterocycles. The Morgan fingerprint density at radius 2 is 1.94 bits per heavy atom. The van der Waals surface area contributed by atoms with Gasteiger partial charge in [0, 0.05) is 6.61 Å². The van der Waals surface area contributed by atoms with Gasteiger partial charge in [0.1, 0.15) is 0 Å². The van der Waals surface area contributed by atoms with Crippen molar-refractivity contribution in [2.45, 2.75) is 46.0 Å². The van der Waals surface area contributed by atoms with Gasteiger partial charge >= 0.3 is 0 Å². The highest BCUT2D eigenvalue weighted by molar-refractivity contribution is 4.91. The van der Waals surface area contributed by atoms with E-state index in [1.165, 1.54) is 6.42 Å². The van der Waals surface area contributed by atoms with Crippen molar-refractivity contribution in [3.05, 3.63) is 0 Å². The first-order chi connectivity index (χ1) is 8.07. The lowest BCUT2D eigenvalue weighted by atomic mass is 9.89. The monoisotopic (exact) mass is 238 g/mol. The fourth-order valence-corrected chi connectivity index (χ4v) is 2.35. The maximum atomic E-state index is 9.06. The third-order valence-corrected chi connectivity index (χ3v) is 3.79. The normalized spacial score (nSPS) is 19.2. The molecule has 1 N–H and O–H groups in total. The second-order valence-electron chi connectivity index (χ2n) is 5.92. The number of aliphatic hydroxyl groups is 1. The van der Waals surface area contributed by atoms with Gasteiger partial charge < -0.3 is 10.0 Å². The predicted octanol–water partition coefficient (Wildman–Crippen LogP) is 2.41. The SMILES string of the molecule is CC(C)(C#N)CCCCN1CCC(CO)CC1. The number of aliphatic hydroxyl groups excluding tert-OH is 1. The van der Waals surface area contributed by atoms with Crippen molar-refractivity contribution < 1.29 is 5.11 Å². The van der Waals surface area contributed by atoms with Crippen LogP contribution in [0.1, 0.15) is 46.0 Å². The molecule has 0 radical (unpaired) electrons. The van der Waals surface area contributed by atoms with Crippen LogP contribution in [0.4, 0.5) is 0 Å². The molecule has 0 saturated carbocycles. The number of piperidine rings is 1. The highest BCUT2D eigenvalue weighted by Gasteiger charge is 2.19. The number of nitriles is 1. The second-order valence-corrected chi connectivity index (χ2v) is 5.92. The van der Waals surface area contributed by atoms with Crippen molar-refractivity contribution in [1.29, 1.82) is 5.26 Å². The van der Waals surface area contributed by atoms with Gasteiger partial charge in [-0.1, -0.05) is 6.42 Å². The van der Waals surface area contributed by atoms with Crippen LogP contribution in [0.5, 0.6) is 0 Å². The maximum Gasteiger partial charge on any atom is 0.0683 e. The molecule has 1 rings (SSSR count). The van der Waals surface area contributed by atoms with Gasteiger partial charge in [0.05, 0.1) is 11.5 Å². The van der Waals surface area contributed by atoms with Gasteiger partial charge in [-0.05, 0) is 65.1 Å². The van der Waals surface area contributed by atoms with Gasteiger partial charge in [-0.2, -0.15) is 5.26 Å². The number of likely N-dealkylation sites (tertiary alicyclic amines) is 1. The molecular weight excluding hydrogens is 212 g/mol. The van der Waals surface area contributed by atoms with Crippen LogP contribution < -0.4 is 0 Å². The molecule has 0 aromatic carbocycles. The van der Waals surface area contributed by atoms with Gasteiger partial charge in [-0.3, -0.25) is 0 Å². The Hall–Kier alpha value is -0.590. The van der Waals surface area contributed by atoms with Crippen LogP contribution in [0.2, 0.25) is 0 Å². The minimum Gasteiger partial charge on any atom is -0.396 e. The Kier molecular flexibility index (Phi) is 5.94. The predicted molar refractivity (Wildman–Crippen MR) is 69.5 cm³/mol. The van der Waals surface area contributed by atoms with Crippen molar-refractivity contribution >= 4 is 0 Å². The molecule has 1 fully saturated rings. The van der Waals surface area contributed by atoms with Crippen molar-refractivity contribution in [3.63, 3.8) is 0 Å². The molecule has 0 aromatic rings. The minimum atomic E-state index is -0.163. The Morgan fingerprint density at radius 1 is 1.29 bits per heavy atom. The molecule has 0 amide bonds. The summed E-state index contributed by atoms with van der Waals surface area (Å²) < 4.78 is 0. The van der Waals surface area contributed by atoms with Crippen LogP contribution in [-0.4, -0.2) is 36.2 Å². The average Bonchev–Trinajstić information content (AvgIpc) is 2.35. The largest absolute Gasteiger partial charge is 0.396 e. The minimum absolute atomic E-state index is 0.163. The van der Waals surface area contributed by atoms with E-state index >= 15 is 0 Å². The van der Waals surface area contributed by atoms with E-state index in [0.29, 0.717) is 12.5 Å². The molecule has 1 saturated heterocycles. The highest BCUT2D eigenvalue weighted by atomic mass is 16.3. The van der Waals surface area contributed by atoms with Gasteiger partial charge in [0.15, 0.2) is 0 Å². The van der Waals surface area contributed by atoms with Crippen LogP contribution in [0, 0.1) is 22.7 Å². The molecule has 98 valence electrons. The summed E-state index contributed by atoms with van der Waals surface area (Å²) in [7, 11) is 0. The maximum absolute atomic E-state index is 9.06. The van der Waals surface area contributed by atoms with Crippen molar-refractivity contribution in [3.8, 4) is 6.07 Å². The van der Waals surface area contributed by atoms with Crippen molar-refractivity contribution in [2.24, 2.45) is 11.3 Å². The Labute approximate surface area is 105 Å². The smallest absolute Gasteiger partial charge is 0.0683 e. The summed E-state index contributed by atoms with van der Waals surface area (Å²) in [6, 6.07) is 2.35. The number of nitrogens with zero attached hydrogens (tertiary/aromatic N) is 2. The molecule has 0 spiro atoms. The number of unbranched alkanes of at least 4 members (excludes halogenated alkanes) is 1. The van der Waals surface area contributed by atoms with E-state index in [4.69, 9.17) is 10.4 Å². The third kappa shape index (κ3) is 5.52. The molecule has 3 nitrogen and oxygen atoms in total.